The van der Waals surface area contributed by atoms with Crippen LogP contribution in [0.15, 0.2) is 36.4 Å². The van der Waals surface area contributed by atoms with Gasteiger partial charge in [-0.3, -0.25) is 9.59 Å². The van der Waals surface area contributed by atoms with E-state index < -0.39 is 0 Å². The van der Waals surface area contributed by atoms with Crippen molar-refractivity contribution in [3.05, 3.63) is 53.1 Å². The van der Waals surface area contributed by atoms with Crippen LogP contribution in [0.4, 0.5) is 0 Å². The molecule has 0 fully saturated rings. The highest BCUT2D eigenvalue weighted by molar-refractivity contribution is 5.94. The lowest BCUT2D eigenvalue weighted by Crippen LogP contribution is -2.07. The van der Waals surface area contributed by atoms with Gasteiger partial charge in [-0.15, -0.1) is 0 Å². The van der Waals surface area contributed by atoms with Crippen molar-refractivity contribution in [1.29, 1.82) is 0 Å². The summed E-state index contributed by atoms with van der Waals surface area (Å²) in [6.45, 7) is 1.50. The van der Waals surface area contributed by atoms with Gasteiger partial charge in [-0.1, -0.05) is 6.07 Å². The first-order valence-electron chi connectivity index (χ1n) is 8.14. The second-order valence-electron chi connectivity index (χ2n) is 5.75. The van der Waals surface area contributed by atoms with Crippen molar-refractivity contribution in [3.63, 3.8) is 0 Å². The Hall–Kier alpha value is -3.02. The van der Waals surface area contributed by atoms with Crippen LogP contribution in [0.1, 0.15) is 34.8 Å². The second-order valence-corrected chi connectivity index (χ2v) is 5.75. The minimum absolute atomic E-state index is 0.0248. The highest BCUT2D eigenvalue weighted by atomic mass is 16.5. The quantitative estimate of drug-likeness (QED) is 0.576. The van der Waals surface area contributed by atoms with E-state index in [1.807, 2.05) is 0 Å². The molecule has 1 N–H and O–H groups in total. The smallest absolute Gasteiger partial charge is 0.306 e. The first-order chi connectivity index (χ1) is 12.4. The molecular formula is C20H22O6. The number of carbonyl (C=O) groups excluding carboxylic acids is 2. The molecule has 0 aliphatic carbocycles. The van der Waals surface area contributed by atoms with Gasteiger partial charge in [0, 0.05) is 17.5 Å². The molecule has 2 rings (SSSR count). The van der Waals surface area contributed by atoms with Gasteiger partial charge in [0.1, 0.15) is 12.4 Å². The summed E-state index contributed by atoms with van der Waals surface area (Å²) in [5, 5.41) is 9.75. The topological polar surface area (TPSA) is 82.1 Å². The molecule has 0 amide bonds. The number of benzene rings is 2. The van der Waals surface area contributed by atoms with Crippen molar-refractivity contribution in [2.45, 2.75) is 26.4 Å². The van der Waals surface area contributed by atoms with Crippen LogP contribution in [0.25, 0.3) is 0 Å². The summed E-state index contributed by atoms with van der Waals surface area (Å²) in [6, 6.07) is 10.0. The van der Waals surface area contributed by atoms with Crippen molar-refractivity contribution >= 4 is 11.8 Å². The molecule has 0 saturated heterocycles. The van der Waals surface area contributed by atoms with Crippen LogP contribution in [-0.4, -0.2) is 31.1 Å². The lowest BCUT2D eigenvalue weighted by molar-refractivity contribution is -0.144. The lowest BCUT2D eigenvalue weighted by Gasteiger charge is -2.11. The van der Waals surface area contributed by atoms with E-state index in [1.54, 1.807) is 36.4 Å². The van der Waals surface area contributed by atoms with Gasteiger partial charge in [-0.25, -0.2) is 0 Å². The number of methoxy groups -OCH3 is 2. The van der Waals surface area contributed by atoms with E-state index in [1.165, 1.54) is 21.1 Å². The molecule has 0 atom stereocenters. The Morgan fingerprint density at radius 2 is 1.69 bits per heavy atom. The highest BCUT2D eigenvalue weighted by Crippen LogP contribution is 2.27. The molecule has 0 spiro atoms. The normalized spacial score (nSPS) is 10.3. The van der Waals surface area contributed by atoms with E-state index in [0.717, 1.165) is 5.56 Å². The van der Waals surface area contributed by atoms with Gasteiger partial charge in [-0.05, 0) is 49.2 Å². The fraction of sp³-hybridized carbons (Fsp3) is 0.300. The summed E-state index contributed by atoms with van der Waals surface area (Å²) in [5.74, 6) is 0.524. The van der Waals surface area contributed by atoms with Crippen molar-refractivity contribution in [3.8, 4) is 17.2 Å². The van der Waals surface area contributed by atoms with Gasteiger partial charge in [0.05, 0.1) is 14.2 Å². The maximum Gasteiger partial charge on any atom is 0.306 e. The first kappa shape index (κ1) is 19.3. The van der Waals surface area contributed by atoms with Crippen LogP contribution < -0.4 is 9.47 Å². The number of hydrogen-bond acceptors (Lipinski definition) is 6. The number of Topliss-reactive ketones (excluding diaryl/α,β-unsaturated/α-hetero) is 1. The Morgan fingerprint density at radius 3 is 2.31 bits per heavy atom. The standard InChI is InChI=1S/C20H22O6/c1-13(21)15-6-8-18(24-2)16(11-15)12-26-20(23)9-5-14-4-7-19(25-3)17(22)10-14/h4,6-8,10-11,22H,5,9,12H2,1-3H3. The van der Waals surface area contributed by atoms with Gasteiger partial charge in [0.25, 0.3) is 0 Å². The average Bonchev–Trinajstić information content (AvgIpc) is 2.64. The fourth-order valence-electron chi connectivity index (χ4n) is 2.48. The minimum atomic E-state index is -0.379. The molecule has 0 aromatic heterocycles. The molecule has 6 heteroatoms. The summed E-state index contributed by atoms with van der Waals surface area (Å²) in [5.41, 5.74) is 1.97. The molecule has 0 bridgehead atoms. The first-order valence-corrected chi connectivity index (χ1v) is 8.14. The summed E-state index contributed by atoms with van der Waals surface area (Å²) in [6.07, 6.45) is 0.599. The molecule has 0 heterocycles. The molecule has 0 unspecified atom stereocenters. The van der Waals surface area contributed by atoms with E-state index in [4.69, 9.17) is 14.2 Å². The van der Waals surface area contributed by atoms with E-state index >= 15 is 0 Å². The molecule has 26 heavy (non-hydrogen) atoms. The number of phenolic OH excluding ortho intramolecular Hbond substituents is 1. The zero-order chi connectivity index (χ0) is 19.1. The third-order valence-corrected chi connectivity index (χ3v) is 3.94. The maximum atomic E-state index is 12.0. The summed E-state index contributed by atoms with van der Waals surface area (Å²) >= 11 is 0. The highest BCUT2D eigenvalue weighted by Gasteiger charge is 2.11. The number of phenols is 1. The van der Waals surface area contributed by atoms with E-state index in [9.17, 15) is 14.7 Å². The Labute approximate surface area is 152 Å². The van der Waals surface area contributed by atoms with Crippen LogP contribution in [-0.2, 0) is 22.6 Å². The monoisotopic (exact) mass is 358 g/mol. The zero-order valence-electron chi connectivity index (χ0n) is 15.1. The third-order valence-electron chi connectivity index (χ3n) is 3.94. The summed E-state index contributed by atoms with van der Waals surface area (Å²) in [7, 11) is 2.99. The van der Waals surface area contributed by atoms with Crippen molar-refractivity contribution < 1.29 is 28.9 Å². The molecular weight excluding hydrogens is 336 g/mol. The predicted molar refractivity (Wildman–Crippen MR) is 95.8 cm³/mol. The van der Waals surface area contributed by atoms with Gasteiger partial charge >= 0.3 is 5.97 Å². The van der Waals surface area contributed by atoms with Crippen LogP contribution >= 0.6 is 0 Å². The third kappa shape index (κ3) is 4.99. The Bertz CT molecular complexity index is 797. The molecule has 0 aliphatic heterocycles. The number of hydrogen-bond donors (Lipinski definition) is 1. The van der Waals surface area contributed by atoms with E-state index in [2.05, 4.69) is 0 Å². The van der Waals surface area contributed by atoms with Gasteiger partial charge in [0.15, 0.2) is 17.3 Å². The number of aromatic hydroxyl groups is 1. The van der Waals surface area contributed by atoms with Gasteiger partial charge in [0.2, 0.25) is 0 Å². The molecule has 0 radical (unpaired) electrons. The molecule has 2 aromatic carbocycles. The van der Waals surface area contributed by atoms with E-state index in [0.29, 0.717) is 29.0 Å². The predicted octanol–water partition coefficient (Wildman–Crippen LogP) is 3.29. The summed E-state index contributed by atoms with van der Waals surface area (Å²) < 4.78 is 15.5. The molecule has 0 saturated carbocycles. The number of rotatable bonds is 8. The van der Waals surface area contributed by atoms with Gasteiger partial charge < -0.3 is 19.3 Å². The average molecular weight is 358 g/mol. The molecule has 0 aliphatic rings. The Balaban J connectivity index is 1.93. The summed E-state index contributed by atoms with van der Waals surface area (Å²) in [4.78, 5) is 23.5. The maximum absolute atomic E-state index is 12.0. The SMILES string of the molecule is COc1ccc(CCC(=O)OCc2cc(C(C)=O)ccc2OC)cc1O. The Morgan fingerprint density at radius 1 is 1.00 bits per heavy atom. The van der Waals surface area contributed by atoms with Crippen LogP contribution in [0.2, 0.25) is 0 Å². The number of carbonyl (C=O) groups is 2. The molecule has 138 valence electrons. The zero-order valence-corrected chi connectivity index (χ0v) is 15.1. The Kier molecular flexibility index (Phi) is 6.60. The molecule has 6 nitrogen and oxygen atoms in total. The van der Waals surface area contributed by atoms with Crippen LogP contribution in [0.5, 0.6) is 17.2 Å². The number of ketones is 1. The minimum Gasteiger partial charge on any atom is -0.504 e. The van der Waals surface area contributed by atoms with Crippen LogP contribution in [0, 0.1) is 0 Å². The molecule has 2 aromatic rings. The fourth-order valence-corrected chi connectivity index (χ4v) is 2.48. The van der Waals surface area contributed by atoms with Crippen molar-refractivity contribution in [1.82, 2.24) is 0 Å². The van der Waals surface area contributed by atoms with Gasteiger partial charge in [-0.2, -0.15) is 0 Å². The number of esters is 1. The number of aryl methyl sites for hydroxylation is 1. The lowest BCUT2D eigenvalue weighted by atomic mass is 10.1. The largest absolute Gasteiger partial charge is 0.504 e. The number of ether oxygens (including phenoxy) is 3. The van der Waals surface area contributed by atoms with Crippen molar-refractivity contribution in [2.24, 2.45) is 0 Å². The van der Waals surface area contributed by atoms with E-state index in [-0.39, 0.29) is 30.5 Å². The van der Waals surface area contributed by atoms with Crippen LogP contribution in [0.3, 0.4) is 0 Å². The van der Waals surface area contributed by atoms with Crippen molar-refractivity contribution in [2.75, 3.05) is 14.2 Å². The second kappa shape index (κ2) is 8.89.